The molecule has 0 aromatic rings. The third-order valence-corrected chi connectivity index (χ3v) is 5.80. The predicted octanol–water partition coefficient (Wildman–Crippen LogP) is 3.38. The standard InChI is InChI=1S/C22H30BF3NO4/c1-20(2,29)21(3,4)31-13-23-17-12-14(19(28)30-5)6-11-18(17)27-16-9-7-15(8-10-16)22(24,25)26/h6-9,12,16,18,27,29H,10-11,13H2,1-5H3. The third kappa shape index (κ3) is 6.82. The van der Waals surface area contributed by atoms with E-state index in [0.29, 0.717) is 12.0 Å². The molecule has 0 aliphatic heterocycles. The van der Waals surface area contributed by atoms with Gasteiger partial charge in [0, 0.05) is 18.6 Å². The van der Waals surface area contributed by atoms with E-state index >= 15 is 0 Å². The highest BCUT2D eigenvalue weighted by atomic mass is 19.4. The topological polar surface area (TPSA) is 67.8 Å². The zero-order valence-electron chi connectivity index (χ0n) is 18.5. The second-order valence-corrected chi connectivity index (χ2v) is 8.69. The molecule has 171 valence electrons. The summed E-state index contributed by atoms with van der Waals surface area (Å²) in [5, 5.41) is 13.6. The molecule has 2 unspecified atom stereocenters. The maximum atomic E-state index is 12.8. The van der Waals surface area contributed by atoms with Gasteiger partial charge >= 0.3 is 12.1 Å². The van der Waals surface area contributed by atoms with Crippen molar-refractivity contribution in [3.8, 4) is 0 Å². The molecule has 9 heteroatoms. The summed E-state index contributed by atoms with van der Waals surface area (Å²) in [6.07, 6.45) is 3.54. The number of methoxy groups -OCH3 is 1. The first-order valence-electron chi connectivity index (χ1n) is 10.2. The Balaban J connectivity index is 2.07. The largest absolute Gasteiger partial charge is 0.465 e. The van der Waals surface area contributed by atoms with Gasteiger partial charge in [-0.05, 0) is 40.5 Å². The predicted molar refractivity (Wildman–Crippen MR) is 113 cm³/mol. The minimum atomic E-state index is -4.35. The molecule has 2 N–H and O–H groups in total. The fourth-order valence-corrected chi connectivity index (χ4v) is 3.08. The Labute approximate surface area is 182 Å². The second kappa shape index (κ2) is 9.75. The van der Waals surface area contributed by atoms with Crippen LogP contribution in [0.15, 0.2) is 47.0 Å². The maximum Gasteiger partial charge on any atom is 0.416 e. The molecular formula is C22H30BF3NO4. The molecule has 0 bridgehead atoms. The van der Waals surface area contributed by atoms with Crippen LogP contribution in [0.1, 0.15) is 40.5 Å². The molecule has 0 amide bonds. The number of hydrogen-bond acceptors (Lipinski definition) is 5. The monoisotopic (exact) mass is 440 g/mol. The molecule has 0 saturated heterocycles. The molecule has 0 aromatic carbocycles. The first-order chi connectivity index (χ1) is 14.2. The lowest BCUT2D eigenvalue weighted by atomic mass is 9.64. The summed E-state index contributed by atoms with van der Waals surface area (Å²) in [7, 11) is 3.11. The van der Waals surface area contributed by atoms with Crippen molar-refractivity contribution in [3.63, 3.8) is 0 Å². The van der Waals surface area contributed by atoms with Crippen molar-refractivity contribution in [2.75, 3.05) is 13.6 Å². The normalized spacial score (nSPS) is 22.4. The summed E-state index contributed by atoms with van der Waals surface area (Å²) in [6, 6.07) is -0.479. The molecular weight excluding hydrogens is 410 g/mol. The summed E-state index contributed by atoms with van der Waals surface area (Å²) in [5.74, 6) is -0.461. The van der Waals surface area contributed by atoms with Gasteiger partial charge in [0.25, 0.3) is 0 Å². The zero-order chi connectivity index (χ0) is 23.4. The van der Waals surface area contributed by atoms with Crippen molar-refractivity contribution in [2.24, 2.45) is 0 Å². The van der Waals surface area contributed by atoms with Gasteiger partial charge in [0.15, 0.2) is 7.28 Å². The highest BCUT2D eigenvalue weighted by molar-refractivity contribution is 6.46. The molecule has 5 nitrogen and oxygen atoms in total. The van der Waals surface area contributed by atoms with Crippen molar-refractivity contribution >= 4 is 13.2 Å². The molecule has 1 radical (unpaired) electrons. The van der Waals surface area contributed by atoms with Crippen LogP contribution in [0.3, 0.4) is 0 Å². The van der Waals surface area contributed by atoms with E-state index < -0.39 is 28.9 Å². The van der Waals surface area contributed by atoms with Gasteiger partial charge in [-0.15, -0.1) is 0 Å². The second-order valence-electron chi connectivity index (χ2n) is 8.69. The van der Waals surface area contributed by atoms with Crippen molar-refractivity contribution in [2.45, 2.75) is 70.0 Å². The Morgan fingerprint density at radius 1 is 1.23 bits per heavy atom. The van der Waals surface area contributed by atoms with Crippen molar-refractivity contribution in [3.05, 3.63) is 47.0 Å². The summed E-state index contributed by atoms with van der Waals surface area (Å²) in [4.78, 5) is 11.9. The van der Waals surface area contributed by atoms with Crippen LogP contribution in [0, 0.1) is 0 Å². The maximum absolute atomic E-state index is 12.8. The van der Waals surface area contributed by atoms with Gasteiger partial charge < -0.3 is 19.9 Å². The van der Waals surface area contributed by atoms with Gasteiger partial charge in [-0.3, -0.25) is 0 Å². The summed E-state index contributed by atoms with van der Waals surface area (Å²) >= 11 is 0. The number of halogens is 3. The van der Waals surface area contributed by atoms with E-state index in [0.717, 1.165) is 11.5 Å². The van der Waals surface area contributed by atoms with Crippen molar-refractivity contribution < 1.29 is 32.5 Å². The fraction of sp³-hybridized carbons (Fsp3) is 0.591. The van der Waals surface area contributed by atoms with Gasteiger partial charge in [-0.25, -0.2) is 4.79 Å². The van der Waals surface area contributed by atoms with E-state index in [1.165, 1.54) is 19.3 Å². The number of nitrogens with one attached hydrogen (secondary N) is 1. The van der Waals surface area contributed by atoms with E-state index in [1.807, 2.05) is 7.28 Å². The number of ether oxygens (including phenoxy) is 2. The zero-order valence-corrected chi connectivity index (χ0v) is 18.5. The smallest absolute Gasteiger partial charge is 0.416 e. The molecule has 2 atom stereocenters. The molecule has 2 aliphatic carbocycles. The number of rotatable bonds is 8. The van der Waals surface area contributed by atoms with Crippen LogP contribution < -0.4 is 5.32 Å². The number of allylic oxidation sites excluding steroid dienone is 2. The Morgan fingerprint density at radius 3 is 2.42 bits per heavy atom. The van der Waals surface area contributed by atoms with E-state index in [2.05, 4.69) is 5.32 Å². The Bertz CT molecular complexity index is 792. The third-order valence-electron chi connectivity index (χ3n) is 5.80. The molecule has 0 spiro atoms. The van der Waals surface area contributed by atoms with Crippen LogP contribution >= 0.6 is 0 Å². The van der Waals surface area contributed by atoms with Crippen LogP contribution in [0.2, 0.25) is 0 Å². The van der Waals surface area contributed by atoms with Gasteiger partial charge in [0.05, 0.1) is 29.5 Å². The molecule has 0 saturated carbocycles. The van der Waals surface area contributed by atoms with E-state index in [4.69, 9.17) is 9.47 Å². The summed E-state index contributed by atoms with van der Waals surface area (Å²) in [5.41, 5.74) is -1.34. The first-order valence-corrected chi connectivity index (χ1v) is 10.2. The number of aliphatic hydroxyl groups is 1. The average Bonchev–Trinajstić information content (AvgIpc) is 2.67. The minimum absolute atomic E-state index is 0.189. The molecule has 2 rings (SSSR count). The molecule has 31 heavy (non-hydrogen) atoms. The Hall–Kier alpha value is -1.84. The van der Waals surface area contributed by atoms with Crippen LogP contribution in [0.5, 0.6) is 0 Å². The van der Waals surface area contributed by atoms with E-state index in [1.54, 1.807) is 39.8 Å². The van der Waals surface area contributed by atoms with E-state index in [9.17, 15) is 23.1 Å². The number of carbonyl (C=O) groups excluding carboxylic acids is 1. The number of alkyl halides is 3. The number of esters is 1. The molecule has 0 heterocycles. The highest BCUT2D eigenvalue weighted by Gasteiger charge is 2.36. The van der Waals surface area contributed by atoms with Gasteiger partial charge in [-0.1, -0.05) is 35.9 Å². The minimum Gasteiger partial charge on any atom is -0.465 e. The highest BCUT2D eigenvalue weighted by Crippen LogP contribution is 2.30. The van der Waals surface area contributed by atoms with Crippen molar-refractivity contribution in [1.82, 2.24) is 5.32 Å². The van der Waals surface area contributed by atoms with Crippen LogP contribution in [-0.2, 0) is 14.3 Å². The summed E-state index contributed by atoms with van der Waals surface area (Å²) < 4.78 is 49.1. The number of carbonyl (C=O) groups is 1. The van der Waals surface area contributed by atoms with Crippen LogP contribution in [-0.4, -0.2) is 61.4 Å². The summed E-state index contributed by atoms with van der Waals surface area (Å²) in [6.45, 7) is 7.07. The van der Waals surface area contributed by atoms with Gasteiger partial charge in [0.2, 0.25) is 0 Å². The lowest BCUT2D eigenvalue weighted by Crippen LogP contribution is -2.48. The molecule has 2 aliphatic rings. The van der Waals surface area contributed by atoms with Crippen molar-refractivity contribution in [1.29, 1.82) is 0 Å². The lowest BCUT2D eigenvalue weighted by Gasteiger charge is -2.37. The van der Waals surface area contributed by atoms with E-state index in [-0.39, 0.29) is 25.0 Å². The molecule has 0 fully saturated rings. The fourth-order valence-electron chi connectivity index (χ4n) is 3.08. The molecule has 0 aromatic heterocycles. The van der Waals surface area contributed by atoms with Crippen LogP contribution in [0.4, 0.5) is 13.2 Å². The quantitative estimate of drug-likeness (QED) is 0.448. The SMILES string of the molecule is COC(=O)C1=CCC(NC2C=CC(C(F)(F)F)=CC2)C([B]COC(C)(C)C(C)(C)O)=C1. The van der Waals surface area contributed by atoms with Gasteiger partial charge in [0.1, 0.15) is 0 Å². The first kappa shape index (κ1) is 25.4. The van der Waals surface area contributed by atoms with Crippen LogP contribution in [0.25, 0.3) is 0 Å². The Kier molecular flexibility index (Phi) is 8.00. The number of hydrogen-bond donors (Lipinski definition) is 2. The van der Waals surface area contributed by atoms with Gasteiger partial charge in [-0.2, -0.15) is 13.2 Å². The lowest BCUT2D eigenvalue weighted by molar-refractivity contribution is -0.135. The Morgan fingerprint density at radius 2 is 1.90 bits per heavy atom. The average molecular weight is 440 g/mol.